The number of carbonyl (C=O) groups is 1. The van der Waals surface area contributed by atoms with Gasteiger partial charge in [0.15, 0.2) is 5.82 Å². The van der Waals surface area contributed by atoms with E-state index in [1.165, 1.54) is 17.3 Å². The maximum atomic E-state index is 12.3. The summed E-state index contributed by atoms with van der Waals surface area (Å²) in [4.78, 5) is 27.0. The number of aromatic nitrogens is 4. The van der Waals surface area contributed by atoms with E-state index in [1.807, 2.05) is 0 Å². The number of fused-ring (bicyclic) bond motifs is 4. The molecule has 0 radical (unpaired) electrons. The topological polar surface area (TPSA) is 93.8 Å². The van der Waals surface area contributed by atoms with Crippen molar-refractivity contribution in [1.29, 1.82) is 0 Å². The zero-order valence-corrected chi connectivity index (χ0v) is 18.1. The number of rotatable bonds is 4. The van der Waals surface area contributed by atoms with Crippen LogP contribution in [0.25, 0.3) is 31.3 Å². The lowest BCUT2D eigenvalue weighted by Crippen LogP contribution is -2.14. The molecular weight excluding hydrogens is 418 g/mol. The molecule has 1 amide bonds. The monoisotopic (exact) mass is 435 g/mol. The molecule has 0 unspecified atom stereocenters. The normalized spacial score (nSPS) is 11.6. The molecule has 0 aliphatic rings. The fourth-order valence-corrected chi connectivity index (χ4v) is 5.45. The first kappa shape index (κ1) is 19.0. The Morgan fingerprint density at radius 1 is 1.13 bits per heavy atom. The van der Waals surface area contributed by atoms with Crippen molar-refractivity contribution < 1.29 is 9.32 Å². The van der Waals surface area contributed by atoms with E-state index in [0.29, 0.717) is 11.6 Å². The van der Waals surface area contributed by atoms with Crippen LogP contribution in [0.4, 0.5) is 5.82 Å². The van der Waals surface area contributed by atoms with Gasteiger partial charge in [-0.1, -0.05) is 28.5 Å². The van der Waals surface area contributed by atoms with Crippen molar-refractivity contribution in [3.05, 3.63) is 47.5 Å². The Morgan fingerprint density at radius 3 is 2.80 bits per heavy atom. The van der Waals surface area contributed by atoms with Crippen LogP contribution in [-0.2, 0) is 4.79 Å². The van der Waals surface area contributed by atoms with Crippen molar-refractivity contribution in [1.82, 2.24) is 20.1 Å². The third-order valence-electron chi connectivity index (χ3n) is 4.68. The molecule has 0 atom stereocenters. The summed E-state index contributed by atoms with van der Waals surface area (Å²) < 4.78 is 5.91. The standard InChI is InChI=1S/C21H17N5O2S2/c1-10-4-11(2)17-13(5-10)7-14-18-19(30-20(14)25-17)21(23-9-22-18)29-8-16(27)24-15-6-12(3)28-26-15/h4-7,9H,8H2,1-3H3,(H,24,26,27). The van der Waals surface area contributed by atoms with Crippen molar-refractivity contribution in [2.45, 2.75) is 25.8 Å². The first-order chi connectivity index (χ1) is 14.5. The average Bonchev–Trinajstić information content (AvgIpc) is 3.28. The van der Waals surface area contributed by atoms with Crippen LogP contribution in [0.1, 0.15) is 16.9 Å². The fraction of sp³-hybridized carbons (Fsp3) is 0.190. The number of thioether (sulfide) groups is 1. The highest BCUT2D eigenvalue weighted by Crippen LogP contribution is 2.38. The van der Waals surface area contributed by atoms with Crippen LogP contribution in [0, 0.1) is 20.8 Å². The maximum Gasteiger partial charge on any atom is 0.236 e. The number of pyridine rings is 1. The number of carbonyl (C=O) groups excluding carboxylic acids is 1. The predicted octanol–water partition coefficient (Wildman–Crippen LogP) is 5.04. The molecule has 5 aromatic rings. The number of hydrogen-bond acceptors (Lipinski definition) is 8. The van der Waals surface area contributed by atoms with E-state index in [0.717, 1.165) is 41.9 Å². The molecule has 1 N–H and O–H groups in total. The summed E-state index contributed by atoms with van der Waals surface area (Å²) in [6.07, 6.45) is 1.54. The second kappa shape index (κ2) is 7.33. The van der Waals surface area contributed by atoms with Crippen molar-refractivity contribution in [3.63, 3.8) is 0 Å². The predicted molar refractivity (Wildman–Crippen MR) is 120 cm³/mol. The molecule has 7 nitrogen and oxygen atoms in total. The van der Waals surface area contributed by atoms with E-state index in [2.05, 4.69) is 52.5 Å². The van der Waals surface area contributed by atoms with Crippen LogP contribution in [0.5, 0.6) is 0 Å². The van der Waals surface area contributed by atoms with Crippen molar-refractivity contribution in [3.8, 4) is 0 Å². The third kappa shape index (κ3) is 3.40. The smallest absolute Gasteiger partial charge is 0.236 e. The average molecular weight is 436 g/mol. The van der Waals surface area contributed by atoms with E-state index < -0.39 is 0 Å². The van der Waals surface area contributed by atoms with Gasteiger partial charge in [-0.3, -0.25) is 4.79 Å². The molecule has 0 aliphatic carbocycles. The minimum absolute atomic E-state index is 0.170. The molecule has 0 spiro atoms. The van der Waals surface area contributed by atoms with E-state index in [1.54, 1.807) is 30.7 Å². The van der Waals surface area contributed by atoms with E-state index in [-0.39, 0.29) is 11.7 Å². The molecule has 9 heteroatoms. The number of aryl methyl sites for hydroxylation is 3. The first-order valence-corrected chi connectivity index (χ1v) is 11.1. The lowest BCUT2D eigenvalue weighted by atomic mass is 10.1. The van der Waals surface area contributed by atoms with Gasteiger partial charge in [0.05, 0.1) is 21.5 Å². The molecule has 30 heavy (non-hydrogen) atoms. The largest absolute Gasteiger partial charge is 0.360 e. The zero-order valence-electron chi connectivity index (χ0n) is 16.5. The number of nitrogens with zero attached hydrogens (tertiary/aromatic N) is 4. The van der Waals surface area contributed by atoms with Gasteiger partial charge in [-0.15, -0.1) is 11.3 Å². The number of nitrogens with one attached hydrogen (secondary N) is 1. The number of benzene rings is 1. The van der Waals surface area contributed by atoms with Gasteiger partial charge in [-0.05, 0) is 38.5 Å². The highest BCUT2D eigenvalue weighted by molar-refractivity contribution is 8.00. The summed E-state index contributed by atoms with van der Waals surface area (Å²) in [6.45, 7) is 5.94. The summed E-state index contributed by atoms with van der Waals surface area (Å²) in [5, 5.41) is 9.39. The Bertz CT molecular complexity index is 1440. The van der Waals surface area contributed by atoms with Crippen LogP contribution in [-0.4, -0.2) is 31.8 Å². The second-order valence-electron chi connectivity index (χ2n) is 7.11. The molecule has 4 aromatic heterocycles. The molecule has 5 rings (SSSR count). The molecular formula is C21H17N5O2S2. The van der Waals surface area contributed by atoms with Crippen LogP contribution in [0.2, 0.25) is 0 Å². The van der Waals surface area contributed by atoms with Crippen molar-refractivity contribution >= 4 is 66.2 Å². The Balaban J connectivity index is 1.49. The molecule has 0 aliphatic heterocycles. The van der Waals surface area contributed by atoms with Crippen molar-refractivity contribution in [2.75, 3.05) is 11.1 Å². The zero-order chi connectivity index (χ0) is 20.8. The lowest BCUT2D eigenvalue weighted by Gasteiger charge is -2.04. The number of thiophene rings is 1. The SMILES string of the molecule is Cc1cc(C)c2nc3sc4c(SCC(=O)Nc5cc(C)on5)ncnc4c3cc2c1. The van der Waals surface area contributed by atoms with Gasteiger partial charge in [-0.25, -0.2) is 15.0 Å². The van der Waals surface area contributed by atoms with Crippen LogP contribution in [0.15, 0.2) is 40.1 Å². The summed E-state index contributed by atoms with van der Waals surface area (Å²) >= 11 is 2.93. The van der Waals surface area contributed by atoms with E-state index >= 15 is 0 Å². The lowest BCUT2D eigenvalue weighted by molar-refractivity contribution is -0.113. The van der Waals surface area contributed by atoms with Crippen LogP contribution in [0.3, 0.4) is 0 Å². The van der Waals surface area contributed by atoms with Crippen molar-refractivity contribution in [2.24, 2.45) is 0 Å². The first-order valence-electron chi connectivity index (χ1n) is 9.29. The maximum absolute atomic E-state index is 12.3. The van der Waals surface area contributed by atoms with Gasteiger partial charge < -0.3 is 9.84 Å². The Morgan fingerprint density at radius 2 is 2.00 bits per heavy atom. The molecule has 4 heterocycles. The van der Waals surface area contributed by atoms with Gasteiger partial charge >= 0.3 is 0 Å². The van der Waals surface area contributed by atoms with Crippen LogP contribution < -0.4 is 5.32 Å². The van der Waals surface area contributed by atoms with Gasteiger partial charge in [0.1, 0.15) is 21.9 Å². The molecule has 0 saturated heterocycles. The summed E-state index contributed by atoms with van der Waals surface area (Å²) in [5.41, 5.74) is 4.24. The highest BCUT2D eigenvalue weighted by atomic mass is 32.2. The van der Waals surface area contributed by atoms with Crippen LogP contribution >= 0.6 is 23.1 Å². The molecule has 150 valence electrons. The number of anilines is 1. The van der Waals surface area contributed by atoms with Gasteiger partial charge in [0, 0.05) is 16.8 Å². The fourth-order valence-electron chi connectivity index (χ4n) is 3.46. The van der Waals surface area contributed by atoms with E-state index in [4.69, 9.17) is 9.51 Å². The van der Waals surface area contributed by atoms with E-state index in [9.17, 15) is 4.79 Å². The minimum Gasteiger partial charge on any atom is -0.360 e. The second-order valence-corrected chi connectivity index (χ2v) is 9.08. The molecule has 0 fully saturated rings. The third-order valence-corrected chi connectivity index (χ3v) is 6.89. The molecule has 0 bridgehead atoms. The Labute approximate surface area is 179 Å². The number of hydrogen-bond donors (Lipinski definition) is 1. The van der Waals surface area contributed by atoms with Gasteiger partial charge in [0.25, 0.3) is 0 Å². The molecule has 0 saturated carbocycles. The Hall–Kier alpha value is -3.04. The summed E-state index contributed by atoms with van der Waals surface area (Å²) in [7, 11) is 0. The summed E-state index contributed by atoms with van der Waals surface area (Å²) in [6, 6.07) is 8.12. The quantitative estimate of drug-likeness (QED) is 0.312. The summed E-state index contributed by atoms with van der Waals surface area (Å²) in [5.74, 6) is 1.09. The van der Waals surface area contributed by atoms with Gasteiger partial charge in [0.2, 0.25) is 5.91 Å². The Kier molecular flexibility index (Phi) is 4.63. The molecule has 1 aromatic carbocycles. The number of amides is 1. The van der Waals surface area contributed by atoms with Gasteiger partial charge in [-0.2, -0.15) is 0 Å². The minimum atomic E-state index is -0.170. The highest BCUT2D eigenvalue weighted by Gasteiger charge is 2.16.